The van der Waals surface area contributed by atoms with Crippen molar-refractivity contribution >= 4 is 40.5 Å². The fourth-order valence-corrected chi connectivity index (χ4v) is 5.54. The number of aliphatic hydroxyl groups is 1. The third-order valence-corrected chi connectivity index (χ3v) is 7.65. The van der Waals surface area contributed by atoms with Crippen molar-refractivity contribution in [1.82, 2.24) is 19.9 Å². The van der Waals surface area contributed by atoms with E-state index >= 15 is 0 Å². The molecule has 0 spiro atoms. The lowest BCUT2D eigenvalue weighted by atomic mass is 9.94. The monoisotopic (exact) mass is 574 g/mol. The van der Waals surface area contributed by atoms with E-state index in [-0.39, 0.29) is 24.4 Å². The summed E-state index contributed by atoms with van der Waals surface area (Å²) in [4.78, 5) is 30.5. The maximum absolute atomic E-state index is 13.1. The number of ether oxygens (including phenoxy) is 2. The number of hydrogen-bond acceptors (Lipinski definition) is 10. The molecule has 2 aromatic heterocycles. The Morgan fingerprint density at radius 1 is 1.18 bits per heavy atom. The number of hydrogen-bond donors (Lipinski definition) is 2. The second-order valence-electron chi connectivity index (χ2n) is 10.1. The van der Waals surface area contributed by atoms with Crippen molar-refractivity contribution in [2.24, 2.45) is 0 Å². The number of nitrogens with zero attached hydrogens (tertiary/aromatic N) is 5. The van der Waals surface area contributed by atoms with Crippen LogP contribution in [0.2, 0.25) is 0 Å². The van der Waals surface area contributed by atoms with E-state index in [1.54, 1.807) is 37.7 Å². The molecule has 2 saturated heterocycles. The predicted octanol–water partition coefficient (Wildman–Crippen LogP) is 3.71. The fraction of sp³-hybridized carbons (Fsp3) is 0.481. The van der Waals surface area contributed by atoms with Gasteiger partial charge in [0, 0.05) is 74.6 Å². The number of thiazole rings is 1. The molecular formula is C27H35ClN6O4S. The van der Waals surface area contributed by atoms with Gasteiger partial charge in [-0.1, -0.05) is 6.07 Å². The summed E-state index contributed by atoms with van der Waals surface area (Å²) >= 11 is 1.46. The predicted molar refractivity (Wildman–Crippen MR) is 153 cm³/mol. The zero-order valence-corrected chi connectivity index (χ0v) is 23.8. The maximum Gasteiger partial charge on any atom is 0.316 e. The van der Waals surface area contributed by atoms with E-state index in [1.807, 2.05) is 18.2 Å². The molecule has 210 valence electrons. The van der Waals surface area contributed by atoms with Crippen LogP contribution in [0.25, 0.3) is 0 Å². The molecular weight excluding hydrogens is 540 g/mol. The van der Waals surface area contributed by atoms with Crippen molar-refractivity contribution in [3.63, 3.8) is 0 Å². The molecule has 3 aromatic rings. The molecule has 2 fully saturated rings. The van der Waals surface area contributed by atoms with Crippen LogP contribution in [-0.2, 0) is 16.9 Å². The van der Waals surface area contributed by atoms with Crippen LogP contribution in [0.5, 0.6) is 6.01 Å². The van der Waals surface area contributed by atoms with Crippen LogP contribution in [-0.4, -0.2) is 76.4 Å². The molecule has 0 atom stereocenters. The van der Waals surface area contributed by atoms with Crippen molar-refractivity contribution < 1.29 is 19.4 Å². The summed E-state index contributed by atoms with van der Waals surface area (Å²) in [5, 5.41) is 16.4. The van der Waals surface area contributed by atoms with Gasteiger partial charge in [-0.2, -0.15) is 0 Å². The number of carbonyl (C=O) groups is 1. The number of anilines is 2. The van der Waals surface area contributed by atoms with E-state index in [1.165, 1.54) is 11.3 Å². The van der Waals surface area contributed by atoms with Crippen LogP contribution in [0, 0.1) is 0 Å². The van der Waals surface area contributed by atoms with Gasteiger partial charge in [0.2, 0.25) is 0 Å². The third-order valence-electron chi connectivity index (χ3n) is 6.75. The van der Waals surface area contributed by atoms with Gasteiger partial charge in [-0.15, -0.1) is 23.7 Å². The quantitative estimate of drug-likeness (QED) is 0.415. The van der Waals surface area contributed by atoms with E-state index in [9.17, 15) is 9.90 Å². The van der Waals surface area contributed by atoms with Gasteiger partial charge in [-0.05, 0) is 37.6 Å². The second-order valence-corrected chi connectivity index (χ2v) is 11.0. The first-order valence-corrected chi connectivity index (χ1v) is 13.8. The molecule has 12 heteroatoms. The van der Waals surface area contributed by atoms with Crippen LogP contribution in [0.3, 0.4) is 0 Å². The van der Waals surface area contributed by atoms with Gasteiger partial charge in [0.15, 0.2) is 5.13 Å². The summed E-state index contributed by atoms with van der Waals surface area (Å²) in [6.07, 6.45) is 5.05. The molecule has 0 unspecified atom stereocenters. The average Bonchev–Trinajstić information content (AvgIpc) is 3.41. The number of amides is 1. The summed E-state index contributed by atoms with van der Waals surface area (Å²) in [5.41, 5.74) is 1.60. The topological polar surface area (TPSA) is 113 Å². The largest absolute Gasteiger partial charge is 0.460 e. The first kappa shape index (κ1) is 29.2. The van der Waals surface area contributed by atoms with Gasteiger partial charge in [0.1, 0.15) is 11.8 Å². The lowest BCUT2D eigenvalue weighted by Crippen LogP contribution is -2.38. The number of morpholine rings is 1. The highest BCUT2D eigenvalue weighted by Crippen LogP contribution is 2.31. The van der Waals surface area contributed by atoms with E-state index in [0.717, 1.165) is 69.5 Å². The molecule has 1 aromatic carbocycles. The highest BCUT2D eigenvalue weighted by atomic mass is 35.5. The Balaban J connectivity index is 0.00000353. The SMILES string of the molecule is CC(C)(O)c1cc(CN2CCOCC2)ccc1NC(=O)c1csc(N2CCC(Oc3ncccn3)CC2)n1.Cl. The molecule has 2 aliphatic heterocycles. The summed E-state index contributed by atoms with van der Waals surface area (Å²) < 4.78 is 11.3. The van der Waals surface area contributed by atoms with Crippen molar-refractivity contribution in [3.8, 4) is 6.01 Å². The molecule has 0 saturated carbocycles. The summed E-state index contributed by atoms with van der Waals surface area (Å²) in [7, 11) is 0. The molecule has 1 amide bonds. The average molecular weight is 575 g/mol. The molecule has 0 bridgehead atoms. The summed E-state index contributed by atoms with van der Waals surface area (Å²) in [6.45, 7) is 9.02. The van der Waals surface area contributed by atoms with Crippen LogP contribution in [0.4, 0.5) is 10.8 Å². The number of aromatic nitrogens is 3. The number of carbonyl (C=O) groups excluding carboxylic acids is 1. The Morgan fingerprint density at radius 2 is 1.90 bits per heavy atom. The summed E-state index contributed by atoms with van der Waals surface area (Å²) in [6, 6.07) is 8.01. The Bertz CT molecular complexity index is 1220. The molecule has 2 N–H and O–H groups in total. The van der Waals surface area contributed by atoms with Crippen LogP contribution >= 0.6 is 23.7 Å². The first-order chi connectivity index (χ1) is 18.3. The van der Waals surface area contributed by atoms with Gasteiger partial charge in [0.25, 0.3) is 5.91 Å². The minimum absolute atomic E-state index is 0. The smallest absolute Gasteiger partial charge is 0.316 e. The number of piperidine rings is 1. The normalized spacial score (nSPS) is 16.9. The highest BCUT2D eigenvalue weighted by Gasteiger charge is 2.26. The second kappa shape index (κ2) is 13.0. The highest BCUT2D eigenvalue weighted by molar-refractivity contribution is 7.14. The van der Waals surface area contributed by atoms with E-state index < -0.39 is 5.60 Å². The van der Waals surface area contributed by atoms with Crippen molar-refractivity contribution in [3.05, 3.63) is 58.9 Å². The van der Waals surface area contributed by atoms with Crippen molar-refractivity contribution in [2.75, 3.05) is 49.6 Å². The number of benzene rings is 1. The fourth-order valence-electron chi connectivity index (χ4n) is 4.68. The van der Waals surface area contributed by atoms with Gasteiger partial charge in [-0.25, -0.2) is 15.0 Å². The minimum atomic E-state index is -1.12. The Morgan fingerprint density at radius 3 is 2.59 bits per heavy atom. The standard InChI is InChI=1S/C27H34N6O4S.ClH/c1-27(2,35)21-16-19(17-32-12-14-36-15-13-32)4-5-22(21)30-24(34)23-18-38-26(31-23)33-10-6-20(7-11-33)37-25-28-8-3-9-29-25;/h3-5,8-9,16,18,20,35H,6-7,10-15,17H2,1-2H3,(H,30,34);1H. The van der Waals surface area contributed by atoms with E-state index in [2.05, 4.69) is 30.1 Å². The minimum Gasteiger partial charge on any atom is -0.460 e. The van der Waals surface area contributed by atoms with E-state index in [4.69, 9.17) is 9.47 Å². The first-order valence-electron chi connectivity index (χ1n) is 13.0. The maximum atomic E-state index is 13.1. The van der Waals surface area contributed by atoms with Crippen LogP contribution in [0.15, 0.2) is 42.0 Å². The van der Waals surface area contributed by atoms with Crippen LogP contribution < -0.4 is 15.0 Å². The molecule has 0 radical (unpaired) electrons. The van der Waals surface area contributed by atoms with Gasteiger partial charge >= 0.3 is 6.01 Å². The zero-order chi connectivity index (χ0) is 26.5. The molecule has 0 aliphatic carbocycles. The zero-order valence-electron chi connectivity index (χ0n) is 22.2. The number of nitrogens with one attached hydrogen (secondary N) is 1. The Labute approximate surface area is 238 Å². The molecule has 10 nitrogen and oxygen atoms in total. The van der Waals surface area contributed by atoms with Gasteiger partial charge in [0.05, 0.1) is 18.8 Å². The third kappa shape index (κ3) is 7.64. The van der Waals surface area contributed by atoms with Crippen LogP contribution in [0.1, 0.15) is 48.3 Å². The van der Waals surface area contributed by atoms with E-state index in [0.29, 0.717) is 23.0 Å². The lowest BCUT2D eigenvalue weighted by Gasteiger charge is -2.31. The Kier molecular flexibility index (Phi) is 9.73. The van der Waals surface area contributed by atoms with Crippen molar-refractivity contribution in [1.29, 1.82) is 0 Å². The lowest BCUT2D eigenvalue weighted by molar-refractivity contribution is 0.0340. The van der Waals surface area contributed by atoms with Crippen molar-refractivity contribution in [2.45, 2.75) is 44.9 Å². The number of halogens is 1. The summed E-state index contributed by atoms with van der Waals surface area (Å²) in [5.74, 6) is -0.293. The van der Waals surface area contributed by atoms with Gasteiger partial charge < -0.3 is 24.8 Å². The molecule has 2 aliphatic rings. The number of rotatable bonds is 8. The Hall–Kier alpha value is -2.83. The van der Waals surface area contributed by atoms with Gasteiger partial charge in [-0.3, -0.25) is 9.69 Å². The molecule has 4 heterocycles. The molecule has 39 heavy (non-hydrogen) atoms. The molecule has 5 rings (SSSR count).